The first-order valence-corrected chi connectivity index (χ1v) is 6.72. The molecule has 112 valence electrons. The Kier molecular flexibility index (Phi) is 4.57. The smallest absolute Gasteiger partial charge is 0.245 e. The third-order valence-electron chi connectivity index (χ3n) is 3.60. The Hall–Kier alpha value is -2.37. The Morgan fingerprint density at radius 2 is 2.05 bits per heavy atom. The van der Waals surface area contributed by atoms with Gasteiger partial charge >= 0.3 is 0 Å². The van der Waals surface area contributed by atoms with Crippen molar-refractivity contribution in [3.63, 3.8) is 0 Å². The Balaban J connectivity index is 1.95. The molecule has 0 bridgehead atoms. The number of phenolic OH excluding ortho intramolecular Hbond substituents is 1. The molecule has 6 heteroatoms. The Bertz CT molecular complexity index is 566. The van der Waals surface area contributed by atoms with Crippen LogP contribution in [0.25, 0.3) is 0 Å². The minimum Gasteiger partial charge on any atom is -0.503 e. The summed E-state index contributed by atoms with van der Waals surface area (Å²) < 4.78 is 13.2. The first-order valence-electron chi connectivity index (χ1n) is 6.72. The van der Waals surface area contributed by atoms with Crippen LogP contribution in [0.1, 0.15) is 12.8 Å². The lowest BCUT2D eigenvalue weighted by Crippen LogP contribution is -2.40. The molecule has 0 saturated carbocycles. The van der Waals surface area contributed by atoms with Gasteiger partial charge in [0, 0.05) is 19.0 Å². The number of anilines is 1. The highest BCUT2D eigenvalue weighted by atomic mass is 19.1. The maximum absolute atomic E-state index is 13.2. The van der Waals surface area contributed by atoms with Crippen LogP contribution in [0.4, 0.5) is 10.1 Å². The highest BCUT2D eigenvalue weighted by molar-refractivity contribution is 5.94. The number of aromatic hydroxyl groups is 1. The van der Waals surface area contributed by atoms with Crippen LogP contribution in [0.2, 0.25) is 0 Å². The molecule has 0 unspecified atom stereocenters. The van der Waals surface area contributed by atoms with Gasteiger partial charge in [0.25, 0.3) is 0 Å². The third-order valence-corrected chi connectivity index (χ3v) is 3.60. The summed E-state index contributed by atoms with van der Waals surface area (Å²) in [4.78, 5) is 25.2. The fourth-order valence-electron chi connectivity index (χ4n) is 2.34. The molecule has 1 saturated heterocycles. The predicted octanol–water partition coefficient (Wildman–Crippen LogP) is 1.89. The van der Waals surface area contributed by atoms with Gasteiger partial charge in [0.15, 0.2) is 11.6 Å². The summed E-state index contributed by atoms with van der Waals surface area (Å²) >= 11 is 0. The second kappa shape index (κ2) is 6.39. The number of phenols is 1. The number of halogens is 1. The van der Waals surface area contributed by atoms with Gasteiger partial charge in [0.2, 0.25) is 11.8 Å². The summed E-state index contributed by atoms with van der Waals surface area (Å²) in [6.07, 6.45) is 2.31. The Morgan fingerprint density at radius 1 is 1.38 bits per heavy atom. The van der Waals surface area contributed by atoms with Crippen molar-refractivity contribution < 1.29 is 19.1 Å². The molecule has 2 N–H and O–H groups in total. The molecular weight excluding hydrogens is 275 g/mol. The van der Waals surface area contributed by atoms with Gasteiger partial charge in [0.05, 0.1) is 5.69 Å². The molecule has 1 aromatic rings. The fraction of sp³-hybridized carbons (Fsp3) is 0.333. The van der Waals surface area contributed by atoms with E-state index in [9.17, 15) is 19.1 Å². The fourth-order valence-corrected chi connectivity index (χ4v) is 2.34. The molecule has 0 spiro atoms. The maximum Gasteiger partial charge on any atom is 0.245 e. The SMILES string of the molecule is C=CC(=O)N1CCC(C(=O)Nc2cccc(F)c2O)CC1. The van der Waals surface area contributed by atoms with E-state index in [1.165, 1.54) is 18.2 Å². The summed E-state index contributed by atoms with van der Waals surface area (Å²) in [5, 5.41) is 12.1. The van der Waals surface area contributed by atoms with Crippen molar-refractivity contribution in [3.8, 4) is 5.75 Å². The number of carbonyl (C=O) groups is 2. The van der Waals surface area contributed by atoms with Crippen LogP contribution in [0.3, 0.4) is 0 Å². The molecule has 0 radical (unpaired) electrons. The number of nitrogens with zero attached hydrogens (tertiary/aromatic N) is 1. The standard InChI is InChI=1S/C15H17FN2O3/c1-2-13(19)18-8-6-10(7-9-18)15(21)17-12-5-3-4-11(16)14(12)20/h2-5,10,20H,1,6-9H2,(H,17,21). The summed E-state index contributed by atoms with van der Waals surface area (Å²) in [6.45, 7) is 4.40. The number of para-hydroxylation sites is 1. The molecule has 2 rings (SSSR count). The topological polar surface area (TPSA) is 69.6 Å². The Labute approximate surface area is 122 Å². The molecule has 1 aromatic carbocycles. The predicted molar refractivity (Wildman–Crippen MR) is 76.2 cm³/mol. The molecule has 1 heterocycles. The number of hydrogen-bond donors (Lipinski definition) is 2. The van der Waals surface area contributed by atoms with Crippen LogP contribution in [0, 0.1) is 11.7 Å². The van der Waals surface area contributed by atoms with Gasteiger partial charge in [-0.2, -0.15) is 0 Å². The zero-order chi connectivity index (χ0) is 15.4. The molecule has 0 atom stereocenters. The van der Waals surface area contributed by atoms with Gasteiger partial charge in [-0.25, -0.2) is 4.39 Å². The molecule has 0 aliphatic carbocycles. The van der Waals surface area contributed by atoms with Crippen molar-refractivity contribution in [2.24, 2.45) is 5.92 Å². The second-order valence-corrected chi connectivity index (χ2v) is 4.93. The monoisotopic (exact) mass is 292 g/mol. The molecule has 0 aromatic heterocycles. The maximum atomic E-state index is 13.2. The van der Waals surface area contributed by atoms with Gasteiger partial charge in [0.1, 0.15) is 0 Å². The lowest BCUT2D eigenvalue weighted by Gasteiger charge is -2.30. The van der Waals surface area contributed by atoms with Crippen molar-refractivity contribution in [2.45, 2.75) is 12.8 Å². The van der Waals surface area contributed by atoms with Gasteiger partial charge < -0.3 is 15.3 Å². The summed E-state index contributed by atoms with van der Waals surface area (Å²) in [7, 11) is 0. The van der Waals surface area contributed by atoms with Crippen LogP contribution >= 0.6 is 0 Å². The van der Waals surface area contributed by atoms with E-state index < -0.39 is 11.6 Å². The van der Waals surface area contributed by atoms with E-state index in [1.807, 2.05) is 0 Å². The average molecular weight is 292 g/mol. The number of carbonyl (C=O) groups excluding carboxylic acids is 2. The molecular formula is C15H17FN2O3. The lowest BCUT2D eigenvalue weighted by molar-refractivity contribution is -0.130. The number of benzene rings is 1. The van der Waals surface area contributed by atoms with E-state index in [0.29, 0.717) is 25.9 Å². The van der Waals surface area contributed by atoms with E-state index in [1.54, 1.807) is 4.90 Å². The summed E-state index contributed by atoms with van der Waals surface area (Å²) in [6, 6.07) is 3.97. The highest BCUT2D eigenvalue weighted by Crippen LogP contribution is 2.27. The largest absolute Gasteiger partial charge is 0.503 e. The molecule has 2 amide bonds. The number of piperidine rings is 1. The van der Waals surface area contributed by atoms with E-state index in [0.717, 1.165) is 6.07 Å². The number of amides is 2. The zero-order valence-corrected chi connectivity index (χ0v) is 11.5. The van der Waals surface area contributed by atoms with E-state index in [4.69, 9.17) is 0 Å². The van der Waals surface area contributed by atoms with Gasteiger partial charge in [-0.3, -0.25) is 9.59 Å². The normalized spacial score (nSPS) is 15.6. The van der Waals surface area contributed by atoms with Gasteiger partial charge in [-0.05, 0) is 31.1 Å². The average Bonchev–Trinajstić information content (AvgIpc) is 2.51. The lowest BCUT2D eigenvalue weighted by atomic mass is 9.95. The highest BCUT2D eigenvalue weighted by Gasteiger charge is 2.27. The van der Waals surface area contributed by atoms with Gasteiger partial charge in [-0.15, -0.1) is 0 Å². The summed E-state index contributed by atoms with van der Waals surface area (Å²) in [5.41, 5.74) is 0.0598. The van der Waals surface area contributed by atoms with Gasteiger partial charge in [-0.1, -0.05) is 12.6 Å². The molecule has 1 aliphatic heterocycles. The molecule has 21 heavy (non-hydrogen) atoms. The Morgan fingerprint density at radius 3 is 2.67 bits per heavy atom. The van der Waals surface area contributed by atoms with Crippen LogP contribution in [0.5, 0.6) is 5.75 Å². The number of rotatable bonds is 3. The molecule has 5 nitrogen and oxygen atoms in total. The second-order valence-electron chi connectivity index (χ2n) is 4.93. The van der Waals surface area contributed by atoms with Crippen molar-refractivity contribution in [3.05, 3.63) is 36.7 Å². The van der Waals surface area contributed by atoms with Crippen molar-refractivity contribution in [1.29, 1.82) is 0 Å². The van der Waals surface area contributed by atoms with Crippen LogP contribution in [-0.2, 0) is 9.59 Å². The first-order chi connectivity index (χ1) is 10.0. The van der Waals surface area contributed by atoms with Crippen LogP contribution in [-0.4, -0.2) is 34.9 Å². The molecule has 1 aliphatic rings. The summed E-state index contributed by atoms with van der Waals surface area (Å²) in [5.74, 6) is -2.02. The van der Waals surface area contributed by atoms with E-state index in [2.05, 4.69) is 11.9 Å². The van der Waals surface area contributed by atoms with Crippen molar-refractivity contribution in [2.75, 3.05) is 18.4 Å². The quantitative estimate of drug-likeness (QED) is 0.660. The van der Waals surface area contributed by atoms with Crippen molar-refractivity contribution >= 4 is 17.5 Å². The van der Waals surface area contributed by atoms with Crippen LogP contribution in [0.15, 0.2) is 30.9 Å². The van der Waals surface area contributed by atoms with E-state index in [-0.39, 0.29) is 23.4 Å². The molecule has 1 fully saturated rings. The third kappa shape index (κ3) is 3.39. The number of likely N-dealkylation sites (tertiary alicyclic amines) is 1. The zero-order valence-electron chi connectivity index (χ0n) is 11.5. The number of hydrogen-bond acceptors (Lipinski definition) is 3. The number of nitrogens with one attached hydrogen (secondary N) is 1. The minimum atomic E-state index is -0.779. The minimum absolute atomic E-state index is 0.0598. The van der Waals surface area contributed by atoms with Crippen molar-refractivity contribution in [1.82, 2.24) is 4.90 Å². The van der Waals surface area contributed by atoms with Crippen LogP contribution < -0.4 is 5.32 Å². The first kappa shape index (κ1) is 15.0. The van der Waals surface area contributed by atoms with E-state index >= 15 is 0 Å².